The third kappa shape index (κ3) is 2.67. The molecule has 1 aromatic heterocycles. The van der Waals surface area contributed by atoms with Gasteiger partial charge in [0.2, 0.25) is 0 Å². The minimum absolute atomic E-state index is 0.0626. The highest BCUT2D eigenvalue weighted by molar-refractivity contribution is 7.71. The summed E-state index contributed by atoms with van der Waals surface area (Å²) in [6.07, 6.45) is 1.95. The van der Waals surface area contributed by atoms with E-state index < -0.39 is 0 Å². The lowest BCUT2D eigenvalue weighted by Crippen LogP contribution is -2.09. The van der Waals surface area contributed by atoms with Gasteiger partial charge in [-0.25, -0.2) is 0 Å². The van der Waals surface area contributed by atoms with Crippen LogP contribution in [0, 0.1) is 4.77 Å². The maximum Gasteiger partial charge on any atom is 0.178 e. The monoisotopic (exact) mass is 314 g/mol. The van der Waals surface area contributed by atoms with Crippen LogP contribution in [0.4, 0.5) is 0 Å². The summed E-state index contributed by atoms with van der Waals surface area (Å²) < 4.78 is 2.80. The lowest BCUT2D eigenvalue weighted by Gasteiger charge is -2.18. The van der Waals surface area contributed by atoms with Crippen molar-refractivity contribution in [2.45, 2.75) is 13.0 Å². The molecule has 2 aromatic carbocycles. The Bertz CT molecular complexity index is 805. The molecule has 0 aliphatic rings. The Balaban J connectivity index is 2.14. The Kier molecular flexibility index (Phi) is 3.95. The summed E-state index contributed by atoms with van der Waals surface area (Å²) in [5.41, 5.74) is 3.25. The van der Waals surface area contributed by atoms with Crippen molar-refractivity contribution < 1.29 is 0 Å². The molecule has 1 N–H and O–H groups in total. The first-order chi connectivity index (χ1) is 10.2. The highest BCUT2D eigenvalue weighted by Gasteiger charge is 2.16. The molecule has 0 aliphatic carbocycles. The molecular formula is C17H15ClN2S. The number of aromatic nitrogens is 2. The molecule has 0 amide bonds. The van der Waals surface area contributed by atoms with Crippen LogP contribution in [0.1, 0.15) is 18.5 Å². The fourth-order valence-electron chi connectivity index (χ4n) is 2.55. The Morgan fingerprint density at radius 2 is 1.71 bits per heavy atom. The Hall–Kier alpha value is -1.84. The number of aromatic amines is 1. The SMILES string of the molecule is CC(c1ccccc1Cl)n1c(-c2ccccc2)c[nH]c1=S. The molecule has 1 heterocycles. The molecule has 0 saturated carbocycles. The lowest BCUT2D eigenvalue weighted by atomic mass is 10.1. The second kappa shape index (κ2) is 5.88. The molecule has 4 heteroatoms. The standard InChI is InChI=1S/C17H15ClN2S/c1-12(14-9-5-6-10-15(14)18)20-16(11-19-17(20)21)13-7-3-2-4-8-13/h2-12H,1H3,(H,19,21). The predicted molar refractivity (Wildman–Crippen MR) is 90.3 cm³/mol. The predicted octanol–water partition coefficient (Wildman–Crippen LogP) is 5.48. The first kappa shape index (κ1) is 14.1. The number of hydrogen-bond donors (Lipinski definition) is 1. The van der Waals surface area contributed by atoms with Gasteiger partial charge in [-0.2, -0.15) is 0 Å². The molecule has 2 nitrogen and oxygen atoms in total. The van der Waals surface area contributed by atoms with Gasteiger partial charge in [-0.15, -0.1) is 0 Å². The Morgan fingerprint density at radius 1 is 1.05 bits per heavy atom. The smallest absolute Gasteiger partial charge is 0.178 e. The van der Waals surface area contributed by atoms with Crippen LogP contribution in [0.15, 0.2) is 60.8 Å². The first-order valence-electron chi connectivity index (χ1n) is 6.78. The number of nitrogens with zero attached hydrogens (tertiary/aromatic N) is 1. The van der Waals surface area contributed by atoms with Gasteiger partial charge in [-0.05, 0) is 36.3 Å². The van der Waals surface area contributed by atoms with Crippen molar-refractivity contribution in [1.82, 2.24) is 9.55 Å². The van der Waals surface area contributed by atoms with E-state index in [0.29, 0.717) is 4.77 Å². The number of nitrogens with one attached hydrogen (secondary N) is 1. The van der Waals surface area contributed by atoms with Gasteiger partial charge < -0.3 is 9.55 Å². The molecule has 0 fully saturated rings. The molecule has 0 saturated heterocycles. The molecule has 3 aromatic rings. The van der Waals surface area contributed by atoms with Gasteiger partial charge in [-0.3, -0.25) is 0 Å². The first-order valence-corrected chi connectivity index (χ1v) is 7.57. The summed E-state index contributed by atoms with van der Waals surface area (Å²) in [5, 5.41) is 0.757. The molecule has 0 bridgehead atoms. The Labute approximate surface area is 134 Å². The second-order valence-electron chi connectivity index (χ2n) is 4.91. The highest BCUT2D eigenvalue weighted by Crippen LogP contribution is 2.30. The molecule has 1 unspecified atom stereocenters. The largest absolute Gasteiger partial charge is 0.337 e. The van der Waals surface area contributed by atoms with Crippen LogP contribution >= 0.6 is 23.8 Å². The lowest BCUT2D eigenvalue weighted by molar-refractivity contribution is 0.636. The van der Waals surface area contributed by atoms with Crippen molar-refractivity contribution >= 4 is 23.8 Å². The van der Waals surface area contributed by atoms with Gasteiger partial charge in [0.05, 0.1) is 11.7 Å². The summed E-state index contributed by atoms with van der Waals surface area (Å²) in [6.45, 7) is 2.11. The van der Waals surface area contributed by atoms with Gasteiger partial charge in [-0.1, -0.05) is 60.1 Å². The Morgan fingerprint density at radius 3 is 2.43 bits per heavy atom. The number of H-pyrrole nitrogens is 1. The quantitative estimate of drug-likeness (QED) is 0.635. The van der Waals surface area contributed by atoms with Crippen LogP contribution in [0.3, 0.4) is 0 Å². The van der Waals surface area contributed by atoms with Gasteiger partial charge in [0.25, 0.3) is 0 Å². The van der Waals surface area contributed by atoms with Gasteiger partial charge >= 0.3 is 0 Å². The molecular weight excluding hydrogens is 300 g/mol. The normalized spacial score (nSPS) is 12.3. The average molecular weight is 315 g/mol. The molecule has 1 atom stereocenters. The fourth-order valence-corrected chi connectivity index (χ4v) is 3.16. The zero-order chi connectivity index (χ0) is 14.8. The molecule has 0 aliphatic heterocycles. The third-order valence-electron chi connectivity index (χ3n) is 3.62. The summed E-state index contributed by atoms with van der Waals surface area (Å²) >= 11 is 11.8. The van der Waals surface area contributed by atoms with Crippen LogP contribution < -0.4 is 0 Å². The number of rotatable bonds is 3. The van der Waals surface area contributed by atoms with Crippen LogP contribution in [0.2, 0.25) is 5.02 Å². The van der Waals surface area contributed by atoms with Gasteiger partial charge in [0.1, 0.15) is 0 Å². The van der Waals surface area contributed by atoms with Crippen molar-refractivity contribution in [3.63, 3.8) is 0 Å². The summed E-state index contributed by atoms with van der Waals surface area (Å²) in [6, 6.07) is 18.2. The summed E-state index contributed by atoms with van der Waals surface area (Å²) in [5.74, 6) is 0. The van der Waals surface area contributed by atoms with E-state index in [9.17, 15) is 0 Å². The summed E-state index contributed by atoms with van der Waals surface area (Å²) in [4.78, 5) is 3.14. The van der Waals surface area contributed by atoms with E-state index in [1.165, 1.54) is 0 Å². The van der Waals surface area contributed by atoms with Crippen LogP contribution in [-0.4, -0.2) is 9.55 Å². The zero-order valence-corrected chi connectivity index (χ0v) is 13.2. The summed E-state index contributed by atoms with van der Waals surface area (Å²) in [7, 11) is 0. The van der Waals surface area contributed by atoms with Crippen molar-refractivity contribution in [2.24, 2.45) is 0 Å². The molecule has 0 radical (unpaired) electrons. The number of benzene rings is 2. The van der Waals surface area contributed by atoms with Gasteiger partial charge in [0, 0.05) is 11.2 Å². The zero-order valence-electron chi connectivity index (χ0n) is 11.6. The van der Waals surface area contributed by atoms with Crippen LogP contribution in [-0.2, 0) is 0 Å². The minimum Gasteiger partial charge on any atom is -0.337 e. The maximum atomic E-state index is 6.33. The number of hydrogen-bond acceptors (Lipinski definition) is 1. The van der Waals surface area contributed by atoms with Crippen molar-refractivity contribution in [1.29, 1.82) is 0 Å². The van der Waals surface area contributed by atoms with Crippen molar-refractivity contribution in [3.8, 4) is 11.3 Å². The fraction of sp³-hybridized carbons (Fsp3) is 0.118. The van der Waals surface area contributed by atoms with E-state index in [1.54, 1.807) is 0 Å². The maximum absolute atomic E-state index is 6.33. The van der Waals surface area contributed by atoms with Crippen LogP contribution in [0.5, 0.6) is 0 Å². The molecule has 21 heavy (non-hydrogen) atoms. The van der Waals surface area contributed by atoms with E-state index in [4.69, 9.17) is 23.8 Å². The van der Waals surface area contributed by atoms with E-state index in [0.717, 1.165) is 21.8 Å². The van der Waals surface area contributed by atoms with Gasteiger partial charge in [0.15, 0.2) is 4.77 Å². The second-order valence-corrected chi connectivity index (χ2v) is 5.71. The van der Waals surface area contributed by atoms with E-state index in [-0.39, 0.29) is 6.04 Å². The number of imidazole rings is 1. The van der Waals surface area contributed by atoms with E-state index in [1.807, 2.05) is 48.7 Å². The minimum atomic E-state index is 0.0626. The third-order valence-corrected chi connectivity index (χ3v) is 4.28. The molecule has 3 rings (SSSR count). The van der Waals surface area contributed by atoms with E-state index in [2.05, 4.69) is 28.6 Å². The van der Waals surface area contributed by atoms with Crippen molar-refractivity contribution in [2.75, 3.05) is 0 Å². The van der Waals surface area contributed by atoms with E-state index >= 15 is 0 Å². The molecule has 106 valence electrons. The molecule has 0 spiro atoms. The number of halogens is 1. The van der Waals surface area contributed by atoms with Crippen LogP contribution in [0.25, 0.3) is 11.3 Å². The highest BCUT2D eigenvalue weighted by atomic mass is 35.5. The average Bonchev–Trinajstić information content (AvgIpc) is 2.90. The topological polar surface area (TPSA) is 20.7 Å². The van der Waals surface area contributed by atoms with Crippen molar-refractivity contribution in [3.05, 3.63) is 76.2 Å².